The number of carbonyl (C=O) groups is 1. The number of hydrogen-bond acceptors (Lipinski definition) is 2. The lowest BCUT2D eigenvalue weighted by Gasteiger charge is -2.24. The van der Waals surface area contributed by atoms with Gasteiger partial charge in [-0.15, -0.1) is 0 Å². The molecule has 1 aromatic heterocycles. The molecule has 0 radical (unpaired) electrons. The van der Waals surface area contributed by atoms with Gasteiger partial charge in [0.15, 0.2) is 5.69 Å². The molecule has 19 heavy (non-hydrogen) atoms. The molecule has 0 aliphatic heterocycles. The molecular formula is C15H17NO3. The molecule has 100 valence electrons. The number of fused-ring (bicyclic) bond motifs is 1. The lowest BCUT2D eigenvalue weighted by Crippen LogP contribution is -2.29. The first-order valence-electron chi connectivity index (χ1n) is 6.76. The van der Waals surface area contributed by atoms with Crippen molar-refractivity contribution in [2.45, 2.75) is 38.2 Å². The molecule has 2 aromatic rings. The molecule has 4 nitrogen and oxygen atoms in total. The number of rotatable bonds is 3. The van der Waals surface area contributed by atoms with Gasteiger partial charge in [0.1, 0.15) is 6.10 Å². The Morgan fingerprint density at radius 2 is 1.95 bits per heavy atom. The van der Waals surface area contributed by atoms with Crippen LogP contribution in [0.25, 0.3) is 10.9 Å². The maximum Gasteiger partial charge on any atom is 0.356 e. The second-order valence-corrected chi connectivity index (χ2v) is 5.05. The van der Waals surface area contributed by atoms with Crippen molar-refractivity contribution in [1.29, 1.82) is 0 Å². The number of carboxylic acid groups (broad SMARTS) is 1. The van der Waals surface area contributed by atoms with Gasteiger partial charge in [0.05, 0.1) is 5.52 Å². The van der Waals surface area contributed by atoms with Gasteiger partial charge in [-0.25, -0.2) is 4.79 Å². The Morgan fingerprint density at radius 1 is 1.21 bits per heavy atom. The Kier molecular flexibility index (Phi) is 3.15. The fourth-order valence-corrected chi connectivity index (χ4v) is 2.71. The van der Waals surface area contributed by atoms with Gasteiger partial charge in [0, 0.05) is 5.39 Å². The van der Waals surface area contributed by atoms with Crippen molar-refractivity contribution in [3.63, 3.8) is 0 Å². The quantitative estimate of drug-likeness (QED) is 0.921. The van der Waals surface area contributed by atoms with Crippen LogP contribution in [0.4, 0.5) is 0 Å². The van der Waals surface area contributed by atoms with Gasteiger partial charge in [-0.2, -0.15) is 4.73 Å². The third kappa shape index (κ3) is 2.30. The van der Waals surface area contributed by atoms with Crippen molar-refractivity contribution in [2.24, 2.45) is 0 Å². The van der Waals surface area contributed by atoms with E-state index in [1.165, 1.54) is 11.2 Å². The minimum Gasteiger partial charge on any atom is -0.476 e. The summed E-state index contributed by atoms with van der Waals surface area (Å²) in [4.78, 5) is 17.3. The predicted molar refractivity (Wildman–Crippen MR) is 72.4 cm³/mol. The number of aromatic carboxylic acids is 1. The first-order valence-corrected chi connectivity index (χ1v) is 6.76. The van der Waals surface area contributed by atoms with Gasteiger partial charge >= 0.3 is 5.97 Å². The number of nitrogens with zero attached hydrogens (tertiary/aromatic N) is 1. The summed E-state index contributed by atoms with van der Waals surface area (Å²) in [6, 6.07) is 9.27. The van der Waals surface area contributed by atoms with E-state index in [4.69, 9.17) is 4.84 Å². The molecule has 0 bridgehead atoms. The van der Waals surface area contributed by atoms with Crippen LogP contribution in [0.5, 0.6) is 0 Å². The molecule has 0 saturated heterocycles. The van der Waals surface area contributed by atoms with E-state index in [9.17, 15) is 9.90 Å². The zero-order valence-electron chi connectivity index (χ0n) is 10.7. The Morgan fingerprint density at radius 3 is 2.68 bits per heavy atom. The SMILES string of the molecule is O=C(O)c1cc2ccccc2n1OC1CCCCC1. The number of aromatic nitrogens is 1. The second kappa shape index (κ2) is 4.96. The van der Waals surface area contributed by atoms with E-state index in [1.54, 1.807) is 6.07 Å². The van der Waals surface area contributed by atoms with Gasteiger partial charge in [0.2, 0.25) is 0 Å². The van der Waals surface area contributed by atoms with Crippen molar-refractivity contribution in [3.05, 3.63) is 36.0 Å². The molecule has 1 aliphatic carbocycles. The van der Waals surface area contributed by atoms with Crippen molar-refractivity contribution in [1.82, 2.24) is 4.73 Å². The van der Waals surface area contributed by atoms with Crippen LogP contribution in [0.2, 0.25) is 0 Å². The summed E-state index contributed by atoms with van der Waals surface area (Å²) < 4.78 is 1.49. The summed E-state index contributed by atoms with van der Waals surface area (Å²) in [5, 5.41) is 10.2. The third-order valence-corrected chi connectivity index (χ3v) is 3.69. The maximum absolute atomic E-state index is 11.3. The van der Waals surface area contributed by atoms with E-state index in [0.29, 0.717) is 0 Å². The Bertz CT molecular complexity index is 596. The van der Waals surface area contributed by atoms with Crippen LogP contribution in [-0.4, -0.2) is 21.9 Å². The van der Waals surface area contributed by atoms with Gasteiger partial charge in [-0.05, 0) is 37.8 Å². The highest BCUT2D eigenvalue weighted by Gasteiger charge is 2.20. The van der Waals surface area contributed by atoms with Gasteiger partial charge in [-0.1, -0.05) is 24.6 Å². The summed E-state index contributed by atoms with van der Waals surface area (Å²) in [7, 11) is 0. The first-order chi connectivity index (χ1) is 9.25. The molecule has 1 aliphatic rings. The Balaban J connectivity index is 1.99. The third-order valence-electron chi connectivity index (χ3n) is 3.69. The fourth-order valence-electron chi connectivity index (χ4n) is 2.71. The van der Waals surface area contributed by atoms with E-state index < -0.39 is 5.97 Å². The largest absolute Gasteiger partial charge is 0.476 e. The van der Waals surface area contributed by atoms with E-state index in [1.807, 2.05) is 24.3 Å². The van der Waals surface area contributed by atoms with Crippen molar-refractivity contribution >= 4 is 16.9 Å². The average molecular weight is 259 g/mol. The summed E-state index contributed by atoms with van der Waals surface area (Å²) in [6.07, 6.45) is 5.70. The van der Waals surface area contributed by atoms with E-state index >= 15 is 0 Å². The van der Waals surface area contributed by atoms with Crippen LogP contribution in [0.3, 0.4) is 0 Å². The molecular weight excluding hydrogens is 242 g/mol. The van der Waals surface area contributed by atoms with Crippen LogP contribution >= 0.6 is 0 Å². The molecule has 4 heteroatoms. The van der Waals surface area contributed by atoms with Crippen LogP contribution in [-0.2, 0) is 0 Å². The molecule has 1 heterocycles. The molecule has 0 unspecified atom stereocenters. The normalized spacial score (nSPS) is 16.6. The minimum absolute atomic E-state index is 0.127. The average Bonchev–Trinajstić information content (AvgIpc) is 2.79. The summed E-state index contributed by atoms with van der Waals surface area (Å²) in [5.74, 6) is -0.952. The monoisotopic (exact) mass is 259 g/mol. The predicted octanol–water partition coefficient (Wildman–Crippen LogP) is 3.10. The van der Waals surface area contributed by atoms with Gasteiger partial charge in [-0.3, -0.25) is 0 Å². The van der Waals surface area contributed by atoms with Crippen LogP contribution in [0, 0.1) is 0 Å². The van der Waals surface area contributed by atoms with Gasteiger partial charge < -0.3 is 9.94 Å². The topological polar surface area (TPSA) is 51.5 Å². The highest BCUT2D eigenvalue weighted by atomic mass is 16.7. The number of hydrogen-bond donors (Lipinski definition) is 1. The van der Waals surface area contributed by atoms with Crippen molar-refractivity contribution in [2.75, 3.05) is 0 Å². The Labute approximate surface area is 111 Å². The number of benzene rings is 1. The second-order valence-electron chi connectivity index (χ2n) is 5.05. The minimum atomic E-state index is -0.952. The van der Waals surface area contributed by atoms with Crippen LogP contribution in [0.15, 0.2) is 30.3 Å². The summed E-state index contributed by atoms with van der Waals surface area (Å²) in [5.41, 5.74) is 1.03. The molecule has 1 N–H and O–H groups in total. The van der Waals surface area contributed by atoms with Crippen LogP contribution < -0.4 is 4.84 Å². The number of carboxylic acids is 1. The maximum atomic E-state index is 11.3. The lowest BCUT2D eigenvalue weighted by molar-refractivity contribution is 0.0147. The highest BCUT2D eigenvalue weighted by Crippen LogP contribution is 2.23. The highest BCUT2D eigenvalue weighted by molar-refractivity contribution is 5.94. The van der Waals surface area contributed by atoms with Crippen molar-refractivity contribution < 1.29 is 14.7 Å². The molecule has 1 saturated carbocycles. The van der Waals surface area contributed by atoms with Crippen LogP contribution in [0.1, 0.15) is 42.6 Å². The lowest BCUT2D eigenvalue weighted by atomic mass is 9.98. The molecule has 1 fully saturated rings. The fraction of sp³-hybridized carbons (Fsp3) is 0.400. The molecule has 3 rings (SSSR count). The standard InChI is InChI=1S/C15H17NO3/c17-15(18)14-10-11-6-4-5-9-13(11)16(14)19-12-7-2-1-3-8-12/h4-6,9-10,12H,1-3,7-8H2,(H,17,18). The van der Waals surface area contributed by atoms with E-state index in [2.05, 4.69) is 0 Å². The van der Waals surface area contributed by atoms with E-state index in [0.717, 1.165) is 36.6 Å². The molecule has 0 spiro atoms. The smallest absolute Gasteiger partial charge is 0.356 e. The number of para-hydroxylation sites is 1. The molecule has 0 atom stereocenters. The molecule has 0 amide bonds. The van der Waals surface area contributed by atoms with Crippen molar-refractivity contribution in [3.8, 4) is 0 Å². The zero-order valence-corrected chi connectivity index (χ0v) is 10.7. The van der Waals surface area contributed by atoms with Gasteiger partial charge in [0.25, 0.3) is 0 Å². The Hall–Kier alpha value is -1.97. The zero-order chi connectivity index (χ0) is 13.2. The summed E-state index contributed by atoms with van der Waals surface area (Å²) in [6.45, 7) is 0. The molecule has 1 aromatic carbocycles. The first kappa shape index (κ1) is 12.1. The van der Waals surface area contributed by atoms with E-state index in [-0.39, 0.29) is 11.8 Å². The summed E-state index contributed by atoms with van der Waals surface area (Å²) >= 11 is 0.